The summed E-state index contributed by atoms with van der Waals surface area (Å²) in [5.41, 5.74) is 3.48. The number of benzene rings is 1. The number of hydrogen-bond donors (Lipinski definition) is 2. The molecule has 1 aromatic heterocycles. The van der Waals surface area contributed by atoms with Crippen molar-refractivity contribution in [3.8, 4) is 0 Å². The molecule has 218 valence electrons. The molecule has 0 bridgehead atoms. The molecule has 3 heterocycles. The van der Waals surface area contributed by atoms with Gasteiger partial charge in [-0.3, -0.25) is 9.59 Å². The van der Waals surface area contributed by atoms with E-state index in [4.69, 9.17) is 4.74 Å². The molecule has 0 spiro atoms. The smallest absolute Gasteiger partial charge is 0.407 e. The number of rotatable bonds is 11. The quantitative estimate of drug-likeness (QED) is 0.312. The van der Waals surface area contributed by atoms with Gasteiger partial charge in [-0.25, -0.2) is 19.6 Å². The van der Waals surface area contributed by atoms with Crippen molar-refractivity contribution in [2.45, 2.75) is 38.0 Å². The first-order valence-corrected chi connectivity index (χ1v) is 14.5. The summed E-state index contributed by atoms with van der Waals surface area (Å²) in [6.45, 7) is 4.73. The molecule has 2 fully saturated rings. The molecule has 2 N–H and O–H groups in total. The summed E-state index contributed by atoms with van der Waals surface area (Å²) in [5, 5.41) is 10.8. The Kier molecular flexibility index (Phi) is 10.6. The van der Waals surface area contributed by atoms with Crippen molar-refractivity contribution in [2.24, 2.45) is 0 Å². The maximum absolute atomic E-state index is 13.7. The largest absolute Gasteiger partial charge is 0.445 e. The van der Waals surface area contributed by atoms with Crippen LogP contribution in [0.1, 0.15) is 23.3 Å². The maximum atomic E-state index is 13.7. The first-order valence-electron chi connectivity index (χ1n) is 13.6. The summed E-state index contributed by atoms with van der Waals surface area (Å²) in [4.78, 5) is 56.9. The number of urea groups is 1. The number of nitrogens with zero attached hydrogens (tertiary/aromatic N) is 4. The summed E-state index contributed by atoms with van der Waals surface area (Å²) in [5.74, 6) is -0.372. The van der Waals surface area contributed by atoms with Gasteiger partial charge in [-0.15, -0.1) is 17.1 Å². The lowest BCUT2D eigenvalue weighted by atomic mass is 10.0. The fourth-order valence-electron chi connectivity index (χ4n) is 5.05. The molecular weight excluding hydrogens is 544 g/mol. The Bertz CT molecular complexity index is 1250. The minimum Gasteiger partial charge on any atom is -0.445 e. The average molecular weight is 581 g/mol. The highest BCUT2D eigenvalue weighted by atomic mass is 32.1. The second kappa shape index (κ2) is 14.5. The Morgan fingerprint density at radius 3 is 2.71 bits per heavy atom. The molecule has 41 heavy (non-hydrogen) atoms. The Balaban J connectivity index is 1.48. The van der Waals surface area contributed by atoms with Gasteiger partial charge in [0.2, 0.25) is 11.8 Å². The molecule has 0 aliphatic carbocycles. The van der Waals surface area contributed by atoms with E-state index >= 15 is 0 Å². The number of alkyl carbamates (subject to hydrolysis) is 1. The molecule has 11 nitrogen and oxygen atoms in total. The Morgan fingerprint density at radius 2 is 1.98 bits per heavy atom. The van der Waals surface area contributed by atoms with E-state index in [0.29, 0.717) is 32.4 Å². The normalized spacial score (nSPS) is 18.9. The van der Waals surface area contributed by atoms with Crippen LogP contribution in [0.2, 0.25) is 0 Å². The topological polar surface area (TPSA) is 115 Å². The van der Waals surface area contributed by atoms with E-state index < -0.39 is 18.3 Å². The van der Waals surface area contributed by atoms with Gasteiger partial charge in [-0.2, -0.15) is 0 Å². The molecule has 1 aromatic carbocycles. The lowest BCUT2D eigenvalue weighted by Gasteiger charge is -2.54. The Labute approximate surface area is 244 Å². The molecule has 12 heteroatoms. The predicted octanol–water partition coefficient (Wildman–Crippen LogP) is 2.58. The highest BCUT2D eigenvalue weighted by Gasteiger charge is 2.50. The highest BCUT2D eigenvalue weighted by molar-refractivity contribution is 7.09. The van der Waals surface area contributed by atoms with E-state index in [0.717, 1.165) is 10.4 Å². The second-order valence-electron chi connectivity index (χ2n) is 9.79. The number of carbonyl (C=O) groups excluding carboxylic acids is 4. The summed E-state index contributed by atoms with van der Waals surface area (Å²) >= 11 is 1.63. The third-order valence-corrected chi connectivity index (χ3v) is 7.94. The van der Waals surface area contributed by atoms with Crippen molar-refractivity contribution >= 4 is 35.3 Å². The van der Waals surface area contributed by atoms with Gasteiger partial charge in [0.1, 0.15) is 18.8 Å². The molecule has 0 saturated carbocycles. The van der Waals surface area contributed by atoms with Crippen LogP contribution in [0.3, 0.4) is 0 Å². The fraction of sp³-hybridized carbons (Fsp3) is 0.414. The molecule has 2 saturated heterocycles. The van der Waals surface area contributed by atoms with Crippen LogP contribution in [0.5, 0.6) is 0 Å². The molecule has 5 amide bonds. The number of ether oxygens (including phenoxy) is 1. The number of hydrogen-bond acceptors (Lipinski definition) is 7. The molecule has 4 rings (SSSR count). The van der Waals surface area contributed by atoms with E-state index in [1.807, 2.05) is 47.8 Å². The Hall–Kier alpha value is -4.12. The number of amides is 5. The summed E-state index contributed by atoms with van der Waals surface area (Å²) < 4.78 is 4.99. The molecule has 2 atom stereocenters. The van der Waals surface area contributed by atoms with Gasteiger partial charge in [0.15, 0.2) is 0 Å². The number of fused-ring (bicyclic) bond motifs is 1. The number of carbonyl (C=O) groups is 4. The van der Waals surface area contributed by atoms with E-state index in [2.05, 4.69) is 22.9 Å². The van der Waals surface area contributed by atoms with Gasteiger partial charge >= 0.3 is 12.1 Å². The van der Waals surface area contributed by atoms with Crippen LogP contribution < -0.4 is 10.6 Å². The van der Waals surface area contributed by atoms with Gasteiger partial charge in [-0.05, 0) is 42.3 Å². The van der Waals surface area contributed by atoms with Crippen LogP contribution >= 0.6 is 11.3 Å². The van der Waals surface area contributed by atoms with Crippen molar-refractivity contribution in [3.05, 3.63) is 76.7 Å². The van der Waals surface area contributed by atoms with Crippen molar-refractivity contribution in [1.82, 2.24) is 30.5 Å². The van der Waals surface area contributed by atoms with Gasteiger partial charge < -0.3 is 25.2 Å². The van der Waals surface area contributed by atoms with Crippen LogP contribution in [0, 0.1) is 0 Å². The zero-order valence-electron chi connectivity index (χ0n) is 23.2. The second-order valence-corrected chi connectivity index (χ2v) is 10.8. The van der Waals surface area contributed by atoms with E-state index in [1.54, 1.807) is 38.2 Å². The summed E-state index contributed by atoms with van der Waals surface area (Å²) in [6, 6.07) is 12.5. The van der Waals surface area contributed by atoms with Crippen LogP contribution in [-0.2, 0) is 27.3 Å². The third-order valence-electron chi connectivity index (χ3n) is 7.01. The van der Waals surface area contributed by atoms with Crippen LogP contribution in [0.25, 0.3) is 0 Å². The van der Waals surface area contributed by atoms with Gasteiger partial charge in [0.25, 0.3) is 0 Å². The van der Waals surface area contributed by atoms with E-state index in [1.165, 1.54) is 6.08 Å². The molecule has 2 aliphatic heterocycles. The number of thiophene rings is 1. The number of hydrazine groups is 1. The minimum atomic E-state index is -0.760. The zero-order chi connectivity index (χ0) is 29.2. The lowest BCUT2D eigenvalue weighted by molar-refractivity contribution is -0.187. The van der Waals surface area contributed by atoms with Crippen molar-refractivity contribution in [3.63, 3.8) is 0 Å². The molecule has 2 aliphatic rings. The van der Waals surface area contributed by atoms with E-state index in [9.17, 15) is 19.2 Å². The van der Waals surface area contributed by atoms with Gasteiger partial charge in [0.05, 0.1) is 13.1 Å². The molecule has 0 unspecified atom stereocenters. The first kappa shape index (κ1) is 29.9. The zero-order valence-corrected chi connectivity index (χ0v) is 24.0. The number of piperazine rings is 1. The van der Waals surface area contributed by atoms with Crippen LogP contribution in [-0.4, -0.2) is 95.8 Å². The third kappa shape index (κ3) is 7.75. The standard InChI is InChI=1S/C29H36N6O5S/c1-3-4-17-40-29(39)30-15-8-13-24-27(37)33(16-14-23-12-9-18-41-23)20-25-34(24)26(36)21-32(2)35(25)28(38)31-19-22-10-6-5-7-11-22/h4-7,9-12,18,24-25H,1,8,13-17,19-21H2,2H3,(H,30,39)(H,31,38)/t24-,25-/m0/s1. The summed E-state index contributed by atoms with van der Waals surface area (Å²) in [6.07, 6.45) is 1.69. The van der Waals surface area contributed by atoms with Crippen molar-refractivity contribution < 1.29 is 23.9 Å². The number of likely N-dealkylation sites (N-methyl/N-ethyl adjacent to an activating group) is 1. The van der Waals surface area contributed by atoms with Crippen molar-refractivity contribution in [1.29, 1.82) is 0 Å². The minimum absolute atomic E-state index is 0.0321. The number of nitrogens with one attached hydrogen (secondary N) is 2. The molecule has 0 radical (unpaired) electrons. The van der Waals surface area contributed by atoms with Gasteiger partial charge in [-0.1, -0.05) is 43.0 Å². The van der Waals surface area contributed by atoms with Crippen molar-refractivity contribution in [2.75, 3.05) is 39.8 Å². The lowest BCUT2D eigenvalue weighted by Crippen LogP contribution is -2.76. The van der Waals surface area contributed by atoms with Gasteiger partial charge in [0, 0.05) is 31.6 Å². The maximum Gasteiger partial charge on any atom is 0.407 e. The predicted molar refractivity (Wildman–Crippen MR) is 154 cm³/mol. The van der Waals surface area contributed by atoms with Crippen LogP contribution in [0.4, 0.5) is 9.59 Å². The first-order chi connectivity index (χ1) is 19.9. The highest BCUT2D eigenvalue weighted by Crippen LogP contribution is 2.28. The SMILES string of the molecule is C=C=CCOC(=O)NCCC[C@H]1C(=O)N(CCc2cccs2)C[C@H]2N1C(=O)CN(C)N2C(=O)NCc1ccccc1. The monoisotopic (exact) mass is 580 g/mol. The fourth-order valence-corrected chi connectivity index (χ4v) is 5.75. The van der Waals surface area contributed by atoms with E-state index in [-0.39, 0.29) is 44.1 Å². The average Bonchev–Trinajstić information content (AvgIpc) is 3.48. The molecular formula is C29H36N6O5S. The van der Waals surface area contributed by atoms with Crippen LogP contribution in [0.15, 0.2) is 66.2 Å². The summed E-state index contributed by atoms with van der Waals surface area (Å²) in [7, 11) is 1.70. The Morgan fingerprint density at radius 1 is 1.17 bits per heavy atom. The molecule has 2 aromatic rings.